The van der Waals surface area contributed by atoms with Crippen molar-refractivity contribution in [3.05, 3.63) is 72.8 Å². The molecule has 3 aromatic rings. The summed E-state index contributed by atoms with van der Waals surface area (Å²) in [5.74, 6) is 1.61. The Labute approximate surface area is 153 Å². The van der Waals surface area contributed by atoms with Crippen LogP contribution < -0.4 is 14.8 Å². The lowest BCUT2D eigenvalue weighted by molar-refractivity contribution is 0.00672. The van der Waals surface area contributed by atoms with Crippen LogP contribution in [-0.4, -0.2) is 28.7 Å². The monoisotopic (exact) mass is 347 g/mol. The van der Waals surface area contributed by atoms with E-state index in [1.165, 1.54) is 5.56 Å². The molecule has 0 saturated carbocycles. The molecular formula is C21H21N3O2. The second-order valence-electron chi connectivity index (χ2n) is 6.72. The van der Waals surface area contributed by atoms with Gasteiger partial charge >= 0.3 is 0 Å². The average Bonchev–Trinajstić information content (AvgIpc) is 2.69. The summed E-state index contributed by atoms with van der Waals surface area (Å²) in [6.45, 7) is 4.04. The first kappa shape index (κ1) is 16.5. The molecule has 132 valence electrons. The van der Waals surface area contributed by atoms with Gasteiger partial charge in [-0.05, 0) is 36.2 Å². The second-order valence-corrected chi connectivity index (χ2v) is 6.72. The summed E-state index contributed by atoms with van der Waals surface area (Å²) < 4.78 is 12.0. The van der Waals surface area contributed by atoms with Crippen molar-refractivity contribution in [3.8, 4) is 22.6 Å². The Balaban J connectivity index is 1.38. The lowest BCUT2D eigenvalue weighted by atomic mass is 10.0. The van der Waals surface area contributed by atoms with Crippen molar-refractivity contribution in [2.45, 2.75) is 19.1 Å². The fourth-order valence-electron chi connectivity index (χ4n) is 3.05. The molecule has 1 aromatic heterocycles. The van der Waals surface area contributed by atoms with Gasteiger partial charge in [0.1, 0.15) is 12.9 Å². The third-order valence-corrected chi connectivity index (χ3v) is 4.39. The summed E-state index contributed by atoms with van der Waals surface area (Å²) in [5, 5.41) is 3.49. The van der Waals surface area contributed by atoms with E-state index in [1.54, 1.807) is 6.33 Å². The van der Waals surface area contributed by atoms with Crippen LogP contribution in [0.25, 0.3) is 11.1 Å². The number of hydrogen-bond donors (Lipinski definition) is 1. The summed E-state index contributed by atoms with van der Waals surface area (Å²) in [5.41, 5.74) is 2.94. The Kier molecular flexibility index (Phi) is 4.54. The van der Waals surface area contributed by atoms with Gasteiger partial charge in [-0.1, -0.05) is 30.3 Å². The predicted molar refractivity (Wildman–Crippen MR) is 100 cm³/mol. The molecule has 1 unspecified atom stereocenters. The number of benzene rings is 2. The summed E-state index contributed by atoms with van der Waals surface area (Å²) in [6, 6.07) is 16.2. The summed E-state index contributed by atoms with van der Waals surface area (Å²) in [6.07, 6.45) is 5.19. The molecule has 5 nitrogen and oxygen atoms in total. The molecule has 0 saturated heterocycles. The molecule has 1 N–H and O–H groups in total. The Bertz CT molecular complexity index is 885. The normalized spacial score (nSPS) is 18.5. The van der Waals surface area contributed by atoms with E-state index in [-0.39, 0.29) is 5.60 Å². The van der Waals surface area contributed by atoms with Crippen molar-refractivity contribution < 1.29 is 9.47 Å². The van der Waals surface area contributed by atoms with Crippen LogP contribution in [0.3, 0.4) is 0 Å². The molecule has 0 radical (unpaired) electrons. The fraction of sp³-hybridized carbons (Fsp3) is 0.238. The van der Waals surface area contributed by atoms with Gasteiger partial charge in [0, 0.05) is 31.0 Å². The minimum atomic E-state index is -0.390. The highest BCUT2D eigenvalue weighted by molar-refractivity contribution is 5.62. The van der Waals surface area contributed by atoms with E-state index in [0.29, 0.717) is 13.2 Å². The van der Waals surface area contributed by atoms with Crippen molar-refractivity contribution in [3.63, 3.8) is 0 Å². The van der Waals surface area contributed by atoms with E-state index in [2.05, 4.69) is 46.5 Å². The van der Waals surface area contributed by atoms with Crippen molar-refractivity contribution in [1.29, 1.82) is 0 Å². The molecule has 0 bridgehead atoms. The number of nitrogens with one attached hydrogen (secondary N) is 1. The van der Waals surface area contributed by atoms with Crippen molar-refractivity contribution in [2.24, 2.45) is 0 Å². The molecule has 0 aliphatic carbocycles. The number of hydrogen-bond acceptors (Lipinski definition) is 5. The highest BCUT2D eigenvalue weighted by Gasteiger charge is 2.32. The van der Waals surface area contributed by atoms with E-state index in [1.807, 2.05) is 36.7 Å². The maximum atomic E-state index is 6.15. The van der Waals surface area contributed by atoms with Crippen molar-refractivity contribution in [2.75, 3.05) is 13.2 Å². The minimum Gasteiger partial charge on any atom is -0.485 e. The standard InChI is InChI=1S/C21H21N3O2/c1-21(14-25-19-7-2-3-8-20(19)26-21)13-22-10-16-5-4-6-17(9-16)18-11-23-15-24-12-18/h2-9,11-12,15,22H,10,13-14H2,1H3. The van der Waals surface area contributed by atoms with Crippen LogP contribution in [0.15, 0.2) is 67.3 Å². The molecule has 4 rings (SSSR count). The van der Waals surface area contributed by atoms with Crippen LogP contribution in [0.2, 0.25) is 0 Å². The third kappa shape index (κ3) is 3.68. The molecule has 26 heavy (non-hydrogen) atoms. The fourth-order valence-corrected chi connectivity index (χ4v) is 3.05. The quantitative estimate of drug-likeness (QED) is 0.766. The van der Waals surface area contributed by atoms with Gasteiger partial charge in [0.15, 0.2) is 17.1 Å². The molecule has 1 atom stereocenters. The number of aromatic nitrogens is 2. The molecular weight excluding hydrogens is 326 g/mol. The molecule has 2 heterocycles. The Morgan fingerprint density at radius 3 is 2.65 bits per heavy atom. The summed E-state index contributed by atoms with van der Waals surface area (Å²) in [7, 11) is 0. The Morgan fingerprint density at radius 2 is 1.81 bits per heavy atom. The van der Waals surface area contributed by atoms with E-state index in [9.17, 15) is 0 Å². The topological polar surface area (TPSA) is 56.3 Å². The first-order chi connectivity index (χ1) is 12.7. The van der Waals surface area contributed by atoms with Gasteiger partial charge in [-0.2, -0.15) is 0 Å². The number of nitrogens with zero attached hydrogens (tertiary/aromatic N) is 2. The average molecular weight is 347 g/mol. The highest BCUT2D eigenvalue weighted by Crippen LogP contribution is 2.34. The van der Waals surface area contributed by atoms with E-state index in [0.717, 1.165) is 29.2 Å². The van der Waals surface area contributed by atoms with Crippen LogP contribution in [0.4, 0.5) is 0 Å². The minimum absolute atomic E-state index is 0.390. The number of ether oxygens (including phenoxy) is 2. The van der Waals surface area contributed by atoms with Crippen LogP contribution in [0.1, 0.15) is 12.5 Å². The largest absolute Gasteiger partial charge is 0.485 e. The van der Waals surface area contributed by atoms with E-state index >= 15 is 0 Å². The van der Waals surface area contributed by atoms with E-state index in [4.69, 9.17) is 9.47 Å². The predicted octanol–water partition coefficient (Wildman–Crippen LogP) is 3.46. The molecule has 0 amide bonds. The van der Waals surface area contributed by atoms with Crippen LogP contribution in [-0.2, 0) is 6.54 Å². The van der Waals surface area contributed by atoms with Gasteiger partial charge in [-0.15, -0.1) is 0 Å². The van der Waals surface area contributed by atoms with Gasteiger partial charge in [0.25, 0.3) is 0 Å². The highest BCUT2D eigenvalue weighted by atomic mass is 16.6. The lowest BCUT2D eigenvalue weighted by Gasteiger charge is -2.35. The van der Waals surface area contributed by atoms with Crippen molar-refractivity contribution >= 4 is 0 Å². The lowest BCUT2D eigenvalue weighted by Crippen LogP contribution is -2.49. The first-order valence-electron chi connectivity index (χ1n) is 8.68. The van der Waals surface area contributed by atoms with Crippen LogP contribution in [0, 0.1) is 0 Å². The molecule has 0 fully saturated rings. The maximum absolute atomic E-state index is 6.15. The molecule has 5 heteroatoms. The van der Waals surface area contributed by atoms with Gasteiger partial charge in [-0.25, -0.2) is 9.97 Å². The Hall–Kier alpha value is -2.92. The second kappa shape index (κ2) is 7.14. The number of rotatable bonds is 5. The van der Waals surface area contributed by atoms with Gasteiger partial charge < -0.3 is 14.8 Å². The third-order valence-electron chi connectivity index (χ3n) is 4.39. The van der Waals surface area contributed by atoms with Crippen LogP contribution in [0.5, 0.6) is 11.5 Å². The molecule has 0 spiro atoms. The zero-order valence-electron chi connectivity index (χ0n) is 14.7. The van der Waals surface area contributed by atoms with Crippen LogP contribution >= 0.6 is 0 Å². The zero-order chi connectivity index (χ0) is 17.8. The maximum Gasteiger partial charge on any atom is 0.162 e. The smallest absolute Gasteiger partial charge is 0.162 e. The summed E-state index contributed by atoms with van der Waals surface area (Å²) >= 11 is 0. The molecule has 1 aliphatic heterocycles. The molecule has 1 aliphatic rings. The van der Waals surface area contributed by atoms with Crippen molar-refractivity contribution in [1.82, 2.24) is 15.3 Å². The van der Waals surface area contributed by atoms with Gasteiger partial charge in [-0.3, -0.25) is 0 Å². The SMILES string of the molecule is CC1(CNCc2cccc(-c3cncnc3)c2)COc2ccccc2O1. The first-order valence-corrected chi connectivity index (χ1v) is 8.68. The van der Waals surface area contributed by atoms with E-state index < -0.39 is 0 Å². The number of para-hydroxylation sites is 2. The summed E-state index contributed by atoms with van der Waals surface area (Å²) in [4.78, 5) is 8.17. The van der Waals surface area contributed by atoms with Gasteiger partial charge in [0.2, 0.25) is 0 Å². The Morgan fingerprint density at radius 1 is 1.00 bits per heavy atom. The molecule has 2 aromatic carbocycles. The number of fused-ring (bicyclic) bond motifs is 1. The zero-order valence-corrected chi connectivity index (χ0v) is 14.7. The van der Waals surface area contributed by atoms with Gasteiger partial charge in [0.05, 0.1) is 0 Å².